The molecule has 2 nitrogen and oxygen atoms in total. The van der Waals surface area contributed by atoms with E-state index >= 15 is 0 Å². The third-order valence-corrected chi connectivity index (χ3v) is 3.39. The molecule has 1 N–H and O–H groups in total. The molecule has 0 radical (unpaired) electrons. The van der Waals surface area contributed by atoms with Gasteiger partial charge in [-0.3, -0.25) is 0 Å². The van der Waals surface area contributed by atoms with Crippen LogP contribution in [0.5, 0.6) is 0 Å². The number of nitrogens with zero attached hydrogens (tertiary/aromatic N) is 1. The summed E-state index contributed by atoms with van der Waals surface area (Å²) in [6.45, 7) is 11.8. The molecule has 3 heteroatoms. The van der Waals surface area contributed by atoms with Gasteiger partial charge in [0.15, 0.2) is 0 Å². The summed E-state index contributed by atoms with van der Waals surface area (Å²) in [6.07, 6.45) is 0. The van der Waals surface area contributed by atoms with Crippen molar-refractivity contribution in [3.8, 4) is 0 Å². The van der Waals surface area contributed by atoms with Crippen molar-refractivity contribution < 1.29 is 0 Å². The maximum Gasteiger partial charge on any atom is 0.0234 e. The van der Waals surface area contributed by atoms with Gasteiger partial charge in [0, 0.05) is 29.6 Å². The Hall–Kier alpha value is -0.380. The molecule has 0 spiro atoms. The van der Waals surface area contributed by atoms with Gasteiger partial charge in [0.25, 0.3) is 0 Å². The molecule has 0 aliphatic heterocycles. The zero-order chi connectivity index (χ0) is 13.8. The van der Waals surface area contributed by atoms with Crippen LogP contribution < -0.4 is 5.32 Å². The lowest BCUT2D eigenvalue weighted by Crippen LogP contribution is -2.40. The van der Waals surface area contributed by atoms with Crippen LogP contribution in [-0.4, -0.2) is 30.6 Å². The van der Waals surface area contributed by atoms with Crippen molar-refractivity contribution in [2.45, 2.75) is 39.8 Å². The molecule has 0 aromatic heterocycles. The molecule has 0 aliphatic rings. The smallest absolute Gasteiger partial charge is 0.0234 e. The number of hydrogen-bond donors (Lipinski definition) is 1. The minimum atomic E-state index is 0.201. The predicted molar refractivity (Wildman–Crippen MR) is 83.0 cm³/mol. The Morgan fingerprint density at radius 1 is 1.28 bits per heavy atom. The van der Waals surface area contributed by atoms with E-state index in [4.69, 9.17) is 0 Å². The van der Waals surface area contributed by atoms with Gasteiger partial charge in [-0.2, -0.15) is 0 Å². The zero-order valence-electron chi connectivity index (χ0n) is 12.2. The lowest BCUT2D eigenvalue weighted by atomic mass is 10.1. The van der Waals surface area contributed by atoms with Gasteiger partial charge in [-0.1, -0.05) is 22.0 Å². The van der Waals surface area contributed by atoms with Crippen molar-refractivity contribution in [3.63, 3.8) is 0 Å². The molecule has 1 aromatic carbocycles. The second kappa shape index (κ2) is 6.69. The highest BCUT2D eigenvalue weighted by Crippen LogP contribution is 2.17. The summed E-state index contributed by atoms with van der Waals surface area (Å²) in [7, 11) is 2.17. The van der Waals surface area contributed by atoms with E-state index in [0.29, 0.717) is 0 Å². The molecular weight excluding hydrogens is 288 g/mol. The summed E-state index contributed by atoms with van der Waals surface area (Å²) in [5.74, 6) is 0. The number of aryl methyl sites for hydroxylation is 1. The van der Waals surface area contributed by atoms with Crippen LogP contribution in [-0.2, 0) is 6.54 Å². The maximum absolute atomic E-state index is 3.53. The van der Waals surface area contributed by atoms with Crippen molar-refractivity contribution in [1.82, 2.24) is 10.2 Å². The molecule has 0 amide bonds. The zero-order valence-corrected chi connectivity index (χ0v) is 13.8. The van der Waals surface area contributed by atoms with Crippen molar-refractivity contribution in [2.75, 3.05) is 20.1 Å². The van der Waals surface area contributed by atoms with Gasteiger partial charge in [-0.25, -0.2) is 0 Å². The van der Waals surface area contributed by atoms with E-state index in [1.165, 1.54) is 11.1 Å². The molecule has 1 aromatic rings. The first kappa shape index (κ1) is 15.7. The van der Waals surface area contributed by atoms with Crippen LogP contribution in [0.15, 0.2) is 22.7 Å². The monoisotopic (exact) mass is 312 g/mol. The largest absolute Gasteiger partial charge is 0.311 e. The molecule has 1 rings (SSSR count). The highest BCUT2D eigenvalue weighted by molar-refractivity contribution is 9.10. The molecule has 0 aliphatic carbocycles. The fraction of sp³-hybridized carbons (Fsp3) is 0.600. The second-order valence-electron chi connectivity index (χ2n) is 5.99. The van der Waals surface area contributed by atoms with Crippen molar-refractivity contribution >= 4 is 15.9 Å². The first-order valence-electron chi connectivity index (χ1n) is 6.46. The second-order valence-corrected chi connectivity index (χ2v) is 6.90. The topological polar surface area (TPSA) is 15.3 Å². The number of rotatable bonds is 5. The third-order valence-electron chi connectivity index (χ3n) is 2.90. The Morgan fingerprint density at radius 2 is 1.94 bits per heavy atom. The number of halogens is 1. The quantitative estimate of drug-likeness (QED) is 0.894. The van der Waals surface area contributed by atoms with E-state index in [0.717, 1.165) is 24.1 Å². The summed E-state index contributed by atoms with van der Waals surface area (Å²) in [5, 5.41) is 3.51. The number of likely N-dealkylation sites (N-methyl/N-ethyl adjacent to an activating group) is 1. The molecule has 0 unspecified atom stereocenters. The van der Waals surface area contributed by atoms with Crippen LogP contribution in [0.2, 0.25) is 0 Å². The SMILES string of the molecule is Cc1ccc(Br)cc1CN(C)CCNC(C)(C)C. The van der Waals surface area contributed by atoms with Crippen LogP contribution >= 0.6 is 15.9 Å². The normalized spacial score (nSPS) is 12.2. The van der Waals surface area contributed by atoms with Gasteiger partial charge in [-0.05, 0) is 58.0 Å². The summed E-state index contributed by atoms with van der Waals surface area (Å²) in [4.78, 5) is 2.35. The Morgan fingerprint density at radius 3 is 2.56 bits per heavy atom. The van der Waals surface area contributed by atoms with Gasteiger partial charge >= 0.3 is 0 Å². The molecule has 0 saturated carbocycles. The van der Waals surface area contributed by atoms with Gasteiger partial charge < -0.3 is 10.2 Å². The summed E-state index contributed by atoms with van der Waals surface area (Å²) in [5.41, 5.74) is 2.95. The number of nitrogens with one attached hydrogen (secondary N) is 1. The highest BCUT2D eigenvalue weighted by atomic mass is 79.9. The number of benzene rings is 1. The van der Waals surface area contributed by atoms with Crippen LogP contribution in [0, 0.1) is 6.92 Å². The average Bonchev–Trinajstić information content (AvgIpc) is 2.21. The van der Waals surface area contributed by atoms with Crippen LogP contribution in [0.3, 0.4) is 0 Å². The molecular formula is C15H25BrN2. The molecule has 0 fully saturated rings. The van der Waals surface area contributed by atoms with E-state index in [1.54, 1.807) is 0 Å². The summed E-state index contributed by atoms with van der Waals surface area (Å²) in [6, 6.07) is 6.48. The maximum atomic E-state index is 3.53. The Labute approximate surface area is 120 Å². The van der Waals surface area contributed by atoms with E-state index < -0.39 is 0 Å². The van der Waals surface area contributed by atoms with E-state index in [1.807, 2.05) is 0 Å². The van der Waals surface area contributed by atoms with Gasteiger partial charge in [0.1, 0.15) is 0 Å². The van der Waals surface area contributed by atoms with E-state index in [2.05, 4.69) is 79.1 Å². The predicted octanol–water partition coefficient (Wildman–Crippen LogP) is 3.58. The Balaban J connectivity index is 2.44. The summed E-state index contributed by atoms with van der Waals surface area (Å²) < 4.78 is 1.16. The molecule has 0 bridgehead atoms. The minimum absolute atomic E-state index is 0.201. The number of hydrogen-bond acceptors (Lipinski definition) is 2. The molecule has 0 saturated heterocycles. The fourth-order valence-electron chi connectivity index (χ4n) is 1.80. The molecule has 102 valence electrons. The summed E-state index contributed by atoms with van der Waals surface area (Å²) >= 11 is 3.53. The average molecular weight is 313 g/mol. The van der Waals surface area contributed by atoms with Crippen LogP contribution in [0.4, 0.5) is 0 Å². The van der Waals surface area contributed by atoms with Crippen LogP contribution in [0.1, 0.15) is 31.9 Å². The van der Waals surface area contributed by atoms with Gasteiger partial charge in [-0.15, -0.1) is 0 Å². The lowest BCUT2D eigenvalue weighted by Gasteiger charge is -2.24. The van der Waals surface area contributed by atoms with Crippen LogP contribution in [0.25, 0.3) is 0 Å². The first-order chi connectivity index (χ1) is 8.28. The Kier molecular flexibility index (Phi) is 5.83. The minimum Gasteiger partial charge on any atom is -0.311 e. The molecule has 0 heterocycles. The van der Waals surface area contributed by atoms with E-state index in [9.17, 15) is 0 Å². The molecule has 0 atom stereocenters. The van der Waals surface area contributed by atoms with Gasteiger partial charge in [0.05, 0.1) is 0 Å². The third kappa shape index (κ3) is 5.98. The molecule has 18 heavy (non-hydrogen) atoms. The Bertz CT molecular complexity index is 383. The first-order valence-corrected chi connectivity index (χ1v) is 7.26. The van der Waals surface area contributed by atoms with Gasteiger partial charge in [0.2, 0.25) is 0 Å². The fourth-order valence-corrected chi connectivity index (χ4v) is 2.21. The van der Waals surface area contributed by atoms with E-state index in [-0.39, 0.29) is 5.54 Å². The lowest BCUT2D eigenvalue weighted by molar-refractivity contribution is 0.303. The van der Waals surface area contributed by atoms with Crippen molar-refractivity contribution in [2.24, 2.45) is 0 Å². The standard InChI is InChI=1S/C15H25BrN2/c1-12-6-7-14(16)10-13(12)11-18(5)9-8-17-15(2,3)4/h6-7,10,17H,8-9,11H2,1-5H3. The highest BCUT2D eigenvalue weighted by Gasteiger charge is 2.09. The van der Waals surface area contributed by atoms with Crippen molar-refractivity contribution in [1.29, 1.82) is 0 Å². The van der Waals surface area contributed by atoms with Crippen molar-refractivity contribution in [3.05, 3.63) is 33.8 Å².